The minimum Gasteiger partial charge on any atom is -0.493 e. The van der Waals surface area contributed by atoms with Crippen LogP contribution in [-0.4, -0.2) is 31.8 Å². The topological polar surface area (TPSA) is 65.1 Å². The summed E-state index contributed by atoms with van der Waals surface area (Å²) in [5.41, 5.74) is 2.22. The first kappa shape index (κ1) is 13.6. The van der Waals surface area contributed by atoms with Gasteiger partial charge in [0, 0.05) is 19.0 Å². The third-order valence-electron chi connectivity index (χ3n) is 3.67. The molecule has 0 aliphatic carbocycles. The van der Waals surface area contributed by atoms with E-state index >= 15 is 0 Å². The summed E-state index contributed by atoms with van der Waals surface area (Å²) in [6.07, 6.45) is 0.737. The van der Waals surface area contributed by atoms with Gasteiger partial charge in [-0.15, -0.1) is 0 Å². The lowest BCUT2D eigenvalue weighted by molar-refractivity contribution is 0.198. The average molecular weight is 286 g/mol. The zero-order valence-electron chi connectivity index (χ0n) is 12.3. The summed E-state index contributed by atoms with van der Waals surface area (Å²) < 4.78 is 8.81. The van der Waals surface area contributed by atoms with Gasteiger partial charge in [0.25, 0.3) is 0 Å². The molecule has 1 unspecified atom stereocenters. The molecule has 6 nitrogen and oxygen atoms in total. The highest BCUT2D eigenvalue weighted by atomic mass is 16.5. The number of aryl methyl sites for hydroxylation is 2. The monoisotopic (exact) mass is 286 g/mol. The Labute approximate surface area is 122 Å². The molecule has 2 heterocycles. The summed E-state index contributed by atoms with van der Waals surface area (Å²) in [5.74, 6) is 0.569. The van der Waals surface area contributed by atoms with Gasteiger partial charge < -0.3 is 9.84 Å². The Kier molecular flexibility index (Phi) is 3.39. The Morgan fingerprint density at radius 1 is 1.33 bits per heavy atom. The molecule has 1 N–H and O–H groups in total. The van der Waals surface area contributed by atoms with Gasteiger partial charge in [0.15, 0.2) is 5.75 Å². The number of para-hydroxylation sites is 1. The SMILES string of the molecule is CCn1ncc(OC)c1C(O)c1nn(C)c2ccccc12. The summed E-state index contributed by atoms with van der Waals surface area (Å²) in [5, 5.41) is 20.4. The smallest absolute Gasteiger partial charge is 0.163 e. The fourth-order valence-corrected chi connectivity index (χ4v) is 2.64. The zero-order chi connectivity index (χ0) is 15.0. The first-order valence-corrected chi connectivity index (χ1v) is 6.86. The molecule has 0 aliphatic heterocycles. The number of rotatable bonds is 4. The zero-order valence-corrected chi connectivity index (χ0v) is 12.3. The molecule has 0 saturated heterocycles. The van der Waals surface area contributed by atoms with Crippen molar-refractivity contribution >= 4 is 10.9 Å². The van der Waals surface area contributed by atoms with Gasteiger partial charge in [0.1, 0.15) is 17.5 Å². The molecule has 0 spiro atoms. The second-order valence-corrected chi connectivity index (χ2v) is 4.84. The van der Waals surface area contributed by atoms with Crippen molar-refractivity contribution in [2.24, 2.45) is 7.05 Å². The van der Waals surface area contributed by atoms with E-state index in [-0.39, 0.29) is 0 Å². The highest BCUT2D eigenvalue weighted by Crippen LogP contribution is 2.32. The Morgan fingerprint density at radius 3 is 2.81 bits per heavy atom. The summed E-state index contributed by atoms with van der Waals surface area (Å²) >= 11 is 0. The van der Waals surface area contributed by atoms with Gasteiger partial charge in [-0.3, -0.25) is 9.36 Å². The highest BCUT2D eigenvalue weighted by molar-refractivity contribution is 5.82. The van der Waals surface area contributed by atoms with Gasteiger partial charge in [0.05, 0.1) is 18.8 Å². The van der Waals surface area contributed by atoms with Gasteiger partial charge in [-0.1, -0.05) is 18.2 Å². The van der Waals surface area contributed by atoms with Crippen LogP contribution < -0.4 is 4.74 Å². The minimum atomic E-state index is -0.881. The standard InChI is InChI=1S/C15H18N4O2/c1-4-19-14(12(21-3)9-16-19)15(20)13-10-7-5-6-8-11(10)18(2)17-13/h5-9,15,20H,4H2,1-3H3. The second kappa shape index (κ2) is 5.21. The number of fused-ring (bicyclic) bond motifs is 1. The van der Waals surface area contributed by atoms with Crippen LogP contribution in [0.5, 0.6) is 5.75 Å². The van der Waals surface area contributed by atoms with Crippen molar-refractivity contribution in [3.63, 3.8) is 0 Å². The molecule has 0 amide bonds. The van der Waals surface area contributed by atoms with Crippen molar-refractivity contribution in [3.05, 3.63) is 41.9 Å². The molecule has 0 aliphatic rings. The predicted molar refractivity (Wildman–Crippen MR) is 79.2 cm³/mol. The minimum absolute atomic E-state index is 0.569. The van der Waals surface area contributed by atoms with E-state index in [1.807, 2.05) is 38.2 Å². The van der Waals surface area contributed by atoms with Crippen molar-refractivity contribution in [2.75, 3.05) is 7.11 Å². The molecule has 6 heteroatoms. The van der Waals surface area contributed by atoms with Gasteiger partial charge in [-0.2, -0.15) is 10.2 Å². The number of hydrogen-bond acceptors (Lipinski definition) is 4. The van der Waals surface area contributed by atoms with E-state index in [9.17, 15) is 5.11 Å². The van der Waals surface area contributed by atoms with Crippen molar-refractivity contribution in [1.82, 2.24) is 19.6 Å². The molecule has 110 valence electrons. The largest absolute Gasteiger partial charge is 0.493 e. The van der Waals surface area contributed by atoms with Crippen LogP contribution in [-0.2, 0) is 13.6 Å². The van der Waals surface area contributed by atoms with Gasteiger partial charge in [0.2, 0.25) is 0 Å². The van der Waals surface area contributed by atoms with Crippen LogP contribution in [0.4, 0.5) is 0 Å². The molecule has 1 atom stereocenters. The lowest BCUT2D eigenvalue weighted by Crippen LogP contribution is -2.11. The van der Waals surface area contributed by atoms with E-state index in [1.54, 1.807) is 22.7 Å². The maximum absolute atomic E-state index is 10.8. The summed E-state index contributed by atoms with van der Waals surface area (Å²) in [7, 11) is 3.44. The lowest BCUT2D eigenvalue weighted by Gasteiger charge is -2.12. The van der Waals surface area contributed by atoms with Crippen molar-refractivity contribution in [1.29, 1.82) is 0 Å². The number of hydrogen-bond donors (Lipinski definition) is 1. The fraction of sp³-hybridized carbons (Fsp3) is 0.333. The maximum atomic E-state index is 10.8. The maximum Gasteiger partial charge on any atom is 0.163 e. The molecular formula is C15H18N4O2. The molecule has 0 fully saturated rings. The van der Waals surface area contributed by atoms with Crippen LogP contribution >= 0.6 is 0 Å². The van der Waals surface area contributed by atoms with E-state index in [0.717, 1.165) is 10.9 Å². The van der Waals surface area contributed by atoms with E-state index in [0.29, 0.717) is 23.7 Å². The van der Waals surface area contributed by atoms with E-state index < -0.39 is 6.10 Å². The lowest BCUT2D eigenvalue weighted by atomic mass is 10.1. The normalized spacial score (nSPS) is 12.8. The number of nitrogens with zero attached hydrogens (tertiary/aromatic N) is 4. The van der Waals surface area contributed by atoms with Crippen LogP contribution in [0.2, 0.25) is 0 Å². The molecule has 2 aromatic heterocycles. The Morgan fingerprint density at radius 2 is 2.10 bits per heavy atom. The van der Waals surface area contributed by atoms with E-state index in [4.69, 9.17) is 4.74 Å². The number of aromatic nitrogens is 4. The van der Waals surface area contributed by atoms with Crippen LogP contribution in [0, 0.1) is 0 Å². The van der Waals surface area contributed by atoms with Gasteiger partial charge in [-0.25, -0.2) is 0 Å². The van der Waals surface area contributed by atoms with Gasteiger partial charge >= 0.3 is 0 Å². The summed E-state index contributed by atoms with van der Waals surface area (Å²) in [6.45, 7) is 2.62. The molecular weight excluding hydrogens is 268 g/mol. The molecule has 1 aromatic carbocycles. The molecule has 21 heavy (non-hydrogen) atoms. The van der Waals surface area contributed by atoms with Crippen LogP contribution in [0.3, 0.4) is 0 Å². The quantitative estimate of drug-likeness (QED) is 0.795. The number of benzene rings is 1. The van der Waals surface area contributed by atoms with E-state index in [1.165, 1.54) is 0 Å². The summed E-state index contributed by atoms with van der Waals surface area (Å²) in [6, 6.07) is 7.83. The number of ether oxygens (including phenoxy) is 1. The molecule has 0 saturated carbocycles. The van der Waals surface area contributed by atoms with Crippen LogP contribution in [0.1, 0.15) is 24.4 Å². The first-order valence-electron chi connectivity index (χ1n) is 6.86. The van der Waals surface area contributed by atoms with Crippen molar-refractivity contribution in [3.8, 4) is 5.75 Å². The Bertz CT molecular complexity index is 754. The molecule has 0 radical (unpaired) electrons. The second-order valence-electron chi connectivity index (χ2n) is 4.84. The van der Waals surface area contributed by atoms with Crippen LogP contribution in [0.25, 0.3) is 10.9 Å². The van der Waals surface area contributed by atoms with Crippen molar-refractivity contribution < 1.29 is 9.84 Å². The Balaban J connectivity index is 2.17. The predicted octanol–water partition coefficient (Wildman–Crippen LogP) is 1.88. The number of aliphatic hydroxyl groups is 1. The van der Waals surface area contributed by atoms with Gasteiger partial charge in [-0.05, 0) is 13.0 Å². The fourth-order valence-electron chi connectivity index (χ4n) is 2.64. The van der Waals surface area contributed by atoms with E-state index in [2.05, 4.69) is 10.2 Å². The first-order chi connectivity index (χ1) is 10.2. The Hall–Kier alpha value is -2.34. The summed E-state index contributed by atoms with van der Waals surface area (Å²) in [4.78, 5) is 0. The number of aliphatic hydroxyl groups excluding tert-OH is 1. The third kappa shape index (κ3) is 2.08. The third-order valence-corrected chi connectivity index (χ3v) is 3.67. The number of methoxy groups -OCH3 is 1. The molecule has 3 rings (SSSR count). The highest BCUT2D eigenvalue weighted by Gasteiger charge is 2.25. The average Bonchev–Trinajstić information content (AvgIpc) is 3.08. The molecule has 3 aromatic rings. The van der Waals surface area contributed by atoms with Crippen molar-refractivity contribution in [2.45, 2.75) is 19.6 Å². The molecule has 0 bridgehead atoms. The van der Waals surface area contributed by atoms with Crippen LogP contribution in [0.15, 0.2) is 30.5 Å².